The summed E-state index contributed by atoms with van der Waals surface area (Å²) in [4.78, 5) is 26.3. The van der Waals surface area contributed by atoms with Gasteiger partial charge < -0.3 is 19.7 Å². The predicted octanol–water partition coefficient (Wildman–Crippen LogP) is 3.37. The van der Waals surface area contributed by atoms with Crippen LogP contribution in [0.15, 0.2) is 60.7 Å². The number of carbonyl (C=O) groups is 2. The van der Waals surface area contributed by atoms with Gasteiger partial charge in [0.05, 0.1) is 5.92 Å². The summed E-state index contributed by atoms with van der Waals surface area (Å²) >= 11 is 0. The number of esters is 1. The number of likely N-dealkylation sites (tertiary alicyclic amines) is 1. The van der Waals surface area contributed by atoms with E-state index in [2.05, 4.69) is 10.2 Å². The molecule has 29 heavy (non-hydrogen) atoms. The minimum atomic E-state index is -0.409. The van der Waals surface area contributed by atoms with Gasteiger partial charge in [-0.05, 0) is 37.1 Å². The van der Waals surface area contributed by atoms with Crippen molar-refractivity contribution in [3.8, 4) is 0 Å². The molecule has 1 N–H and O–H groups in total. The van der Waals surface area contributed by atoms with Gasteiger partial charge in [-0.2, -0.15) is 0 Å². The third-order valence-corrected chi connectivity index (χ3v) is 5.05. The van der Waals surface area contributed by atoms with Gasteiger partial charge in [-0.15, -0.1) is 0 Å². The second kappa shape index (κ2) is 11.2. The number of carbonyl (C=O) groups excluding carboxylic acids is 2. The quantitative estimate of drug-likeness (QED) is 0.693. The third-order valence-electron chi connectivity index (χ3n) is 5.05. The molecule has 1 heterocycles. The predicted molar refractivity (Wildman–Crippen MR) is 110 cm³/mol. The molecule has 0 aromatic heterocycles. The highest BCUT2D eigenvalue weighted by Crippen LogP contribution is 2.19. The molecule has 1 aliphatic heterocycles. The SMILES string of the molecule is O=C(NCCN1CCC(C(=O)OCc2ccccc2)CC1)OCc1ccccc1. The van der Waals surface area contributed by atoms with E-state index in [1.54, 1.807) is 0 Å². The van der Waals surface area contributed by atoms with Crippen molar-refractivity contribution in [1.29, 1.82) is 0 Å². The van der Waals surface area contributed by atoms with Crippen molar-refractivity contribution in [3.63, 3.8) is 0 Å². The van der Waals surface area contributed by atoms with Crippen molar-refractivity contribution < 1.29 is 19.1 Å². The number of piperidine rings is 1. The molecule has 6 nitrogen and oxygen atoms in total. The van der Waals surface area contributed by atoms with Crippen LogP contribution in [0.4, 0.5) is 4.79 Å². The number of nitrogens with zero attached hydrogens (tertiary/aromatic N) is 1. The lowest BCUT2D eigenvalue weighted by atomic mass is 9.97. The average Bonchev–Trinajstić information content (AvgIpc) is 2.78. The Labute approximate surface area is 171 Å². The number of hydrogen-bond donors (Lipinski definition) is 1. The van der Waals surface area contributed by atoms with E-state index in [1.807, 2.05) is 60.7 Å². The van der Waals surface area contributed by atoms with E-state index in [-0.39, 0.29) is 18.5 Å². The standard InChI is InChI=1S/C23H28N2O4/c26-22(28-17-19-7-3-1-4-8-19)21-11-14-25(15-12-21)16-13-24-23(27)29-18-20-9-5-2-6-10-20/h1-10,21H,11-18H2,(H,24,27). The Morgan fingerprint density at radius 1 is 0.862 bits per heavy atom. The summed E-state index contributed by atoms with van der Waals surface area (Å²) < 4.78 is 10.6. The van der Waals surface area contributed by atoms with Crippen LogP contribution in [0.5, 0.6) is 0 Å². The van der Waals surface area contributed by atoms with Crippen molar-refractivity contribution >= 4 is 12.1 Å². The van der Waals surface area contributed by atoms with Crippen LogP contribution in [0.2, 0.25) is 0 Å². The number of ether oxygens (including phenoxy) is 2. The molecule has 2 aromatic rings. The van der Waals surface area contributed by atoms with E-state index in [4.69, 9.17) is 9.47 Å². The van der Waals surface area contributed by atoms with Crippen LogP contribution in [0.1, 0.15) is 24.0 Å². The van der Waals surface area contributed by atoms with E-state index >= 15 is 0 Å². The zero-order chi connectivity index (χ0) is 20.3. The lowest BCUT2D eigenvalue weighted by Gasteiger charge is -2.30. The van der Waals surface area contributed by atoms with E-state index in [0.29, 0.717) is 13.2 Å². The molecular weight excluding hydrogens is 368 g/mol. The normalized spacial score (nSPS) is 14.9. The topological polar surface area (TPSA) is 67.9 Å². The van der Waals surface area contributed by atoms with Gasteiger partial charge in [-0.1, -0.05) is 60.7 Å². The first-order valence-electron chi connectivity index (χ1n) is 10.1. The summed E-state index contributed by atoms with van der Waals surface area (Å²) in [6.45, 7) is 3.51. The van der Waals surface area contributed by atoms with Crippen molar-refractivity contribution in [1.82, 2.24) is 10.2 Å². The molecule has 1 fully saturated rings. The van der Waals surface area contributed by atoms with Crippen LogP contribution in [0.25, 0.3) is 0 Å². The van der Waals surface area contributed by atoms with Gasteiger partial charge in [-0.25, -0.2) is 4.79 Å². The summed E-state index contributed by atoms with van der Waals surface area (Å²) in [6.07, 6.45) is 1.16. The minimum absolute atomic E-state index is 0.0428. The van der Waals surface area contributed by atoms with E-state index in [0.717, 1.165) is 43.6 Å². The smallest absolute Gasteiger partial charge is 0.407 e. The highest BCUT2D eigenvalue weighted by Gasteiger charge is 2.26. The number of rotatable bonds is 8. The molecule has 0 aliphatic carbocycles. The Balaban J connectivity index is 1.26. The average molecular weight is 396 g/mol. The highest BCUT2D eigenvalue weighted by atomic mass is 16.5. The molecule has 154 valence electrons. The third kappa shape index (κ3) is 7.23. The van der Waals surface area contributed by atoms with Gasteiger partial charge in [0.15, 0.2) is 0 Å². The molecule has 0 bridgehead atoms. The first-order valence-corrected chi connectivity index (χ1v) is 10.1. The van der Waals surface area contributed by atoms with Gasteiger partial charge >= 0.3 is 12.1 Å². The lowest BCUT2D eigenvalue weighted by Crippen LogP contribution is -2.41. The lowest BCUT2D eigenvalue weighted by molar-refractivity contribution is -0.151. The monoisotopic (exact) mass is 396 g/mol. The zero-order valence-corrected chi connectivity index (χ0v) is 16.6. The summed E-state index contributed by atoms with van der Waals surface area (Å²) in [5.41, 5.74) is 1.97. The molecular formula is C23H28N2O4. The maximum Gasteiger partial charge on any atom is 0.407 e. The molecule has 1 amide bonds. The Hall–Kier alpha value is -2.86. The Bertz CT molecular complexity index is 756. The van der Waals surface area contributed by atoms with Crippen molar-refractivity contribution in [2.24, 2.45) is 5.92 Å². The van der Waals surface area contributed by atoms with E-state index in [9.17, 15) is 9.59 Å². The van der Waals surface area contributed by atoms with E-state index in [1.165, 1.54) is 0 Å². The molecule has 0 unspecified atom stereocenters. The number of amides is 1. The van der Waals surface area contributed by atoms with Crippen LogP contribution >= 0.6 is 0 Å². The maximum atomic E-state index is 12.3. The molecule has 0 saturated carbocycles. The van der Waals surface area contributed by atoms with Crippen molar-refractivity contribution in [2.75, 3.05) is 26.2 Å². The van der Waals surface area contributed by atoms with Gasteiger partial charge in [-0.3, -0.25) is 4.79 Å². The minimum Gasteiger partial charge on any atom is -0.461 e. The molecule has 0 spiro atoms. The van der Waals surface area contributed by atoms with Gasteiger partial charge in [0, 0.05) is 13.1 Å². The summed E-state index contributed by atoms with van der Waals surface area (Å²) in [5.74, 6) is -0.158. The summed E-state index contributed by atoms with van der Waals surface area (Å²) in [5, 5.41) is 2.78. The van der Waals surface area contributed by atoms with Crippen molar-refractivity contribution in [3.05, 3.63) is 71.8 Å². The molecule has 0 atom stereocenters. The van der Waals surface area contributed by atoms with Crippen LogP contribution in [-0.4, -0.2) is 43.1 Å². The number of benzene rings is 2. The second-order valence-corrected chi connectivity index (χ2v) is 7.20. The van der Waals surface area contributed by atoms with Gasteiger partial charge in [0.2, 0.25) is 0 Å². The highest BCUT2D eigenvalue weighted by molar-refractivity contribution is 5.72. The molecule has 3 rings (SSSR count). The summed E-state index contributed by atoms with van der Waals surface area (Å²) in [7, 11) is 0. The fraction of sp³-hybridized carbons (Fsp3) is 0.391. The molecule has 1 saturated heterocycles. The van der Waals surface area contributed by atoms with Crippen LogP contribution in [0.3, 0.4) is 0 Å². The summed E-state index contributed by atoms with van der Waals surface area (Å²) in [6, 6.07) is 19.3. The fourth-order valence-electron chi connectivity index (χ4n) is 3.33. The molecule has 1 aliphatic rings. The first-order chi connectivity index (χ1) is 14.2. The second-order valence-electron chi connectivity index (χ2n) is 7.20. The van der Waals surface area contributed by atoms with Crippen LogP contribution in [0, 0.1) is 5.92 Å². The molecule has 2 aromatic carbocycles. The first kappa shape index (κ1) is 20.9. The molecule has 6 heteroatoms. The number of alkyl carbamates (subject to hydrolysis) is 1. The van der Waals surface area contributed by atoms with Crippen LogP contribution < -0.4 is 5.32 Å². The van der Waals surface area contributed by atoms with Gasteiger partial charge in [0.1, 0.15) is 13.2 Å². The largest absolute Gasteiger partial charge is 0.461 e. The maximum absolute atomic E-state index is 12.3. The van der Waals surface area contributed by atoms with Gasteiger partial charge in [0.25, 0.3) is 0 Å². The Morgan fingerprint density at radius 3 is 2.00 bits per heavy atom. The Morgan fingerprint density at radius 2 is 1.41 bits per heavy atom. The number of nitrogens with one attached hydrogen (secondary N) is 1. The van der Waals surface area contributed by atoms with Crippen LogP contribution in [-0.2, 0) is 27.5 Å². The van der Waals surface area contributed by atoms with E-state index < -0.39 is 6.09 Å². The Kier molecular flexibility index (Phi) is 8.07. The zero-order valence-electron chi connectivity index (χ0n) is 16.6. The number of hydrogen-bond acceptors (Lipinski definition) is 5. The molecule has 0 radical (unpaired) electrons. The fourth-order valence-corrected chi connectivity index (χ4v) is 3.33. The van der Waals surface area contributed by atoms with Crippen molar-refractivity contribution in [2.45, 2.75) is 26.1 Å².